The normalized spacial score (nSPS) is 23.7. The number of aliphatic imine (C=N–C) groups is 1. The first-order chi connectivity index (χ1) is 17.3. The van der Waals surface area contributed by atoms with Crippen molar-refractivity contribution in [1.29, 1.82) is 0 Å². The predicted molar refractivity (Wildman–Crippen MR) is 126 cm³/mol. The summed E-state index contributed by atoms with van der Waals surface area (Å²) in [5.41, 5.74) is 1.38. The first kappa shape index (κ1) is 23.0. The van der Waals surface area contributed by atoms with Gasteiger partial charge in [-0.2, -0.15) is 13.9 Å². The molecule has 3 aliphatic rings. The van der Waals surface area contributed by atoms with Crippen LogP contribution in [0.5, 0.6) is 0 Å². The van der Waals surface area contributed by atoms with Crippen molar-refractivity contribution in [2.75, 3.05) is 20.2 Å². The molecule has 8 nitrogen and oxygen atoms in total. The minimum Gasteiger partial charge on any atom is -0.447 e. The Kier molecular flexibility index (Phi) is 5.34. The molecule has 1 aromatic carbocycles. The van der Waals surface area contributed by atoms with Gasteiger partial charge < -0.3 is 9.64 Å². The number of benzene rings is 1. The van der Waals surface area contributed by atoms with Crippen LogP contribution in [0, 0.1) is 5.82 Å². The maximum atomic E-state index is 13.9. The summed E-state index contributed by atoms with van der Waals surface area (Å²) in [5.74, 6) is 0.0385. The van der Waals surface area contributed by atoms with Gasteiger partial charge in [0.1, 0.15) is 24.0 Å². The van der Waals surface area contributed by atoms with Crippen LogP contribution in [0.1, 0.15) is 35.3 Å². The molecular formula is C23H18ClF3N6O2S. The van der Waals surface area contributed by atoms with Crippen molar-refractivity contribution >= 4 is 40.4 Å². The van der Waals surface area contributed by atoms with E-state index in [0.29, 0.717) is 39.6 Å². The lowest BCUT2D eigenvalue weighted by atomic mass is 9.90. The number of thiazole rings is 1. The summed E-state index contributed by atoms with van der Waals surface area (Å²) in [7, 11) is 1.67. The molecule has 6 rings (SSSR count). The molecule has 0 saturated carbocycles. The van der Waals surface area contributed by atoms with Crippen LogP contribution in [-0.4, -0.2) is 62.2 Å². The summed E-state index contributed by atoms with van der Waals surface area (Å²) in [6.45, 7) is -2.30. The van der Waals surface area contributed by atoms with Gasteiger partial charge in [-0.05, 0) is 18.2 Å². The van der Waals surface area contributed by atoms with Crippen molar-refractivity contribution in [2.45, 2.75) is 24.6 Å². The van der Waals surface area contributed by atoms with Crippen LogP contribution in [0.4, 0.5) is 18.0 Å². The van der Waals surface area contributed by atoms with E-state index in [2.05, 4.69) is 10.1 Å². The minimum atomic E-state index is -2.83. The molecule has 2 saturated heterocycles. The van der Waals surface area contributed by atoms with Gasteiger partial charge in [-0.25, -0.2) is 18.9 Å². The van der Waals surface area contributed by atoms with Crippen molar-refractivity contribution < 1.29 is 22.7 Å². The van der Waals surface area contributed by atoms with Gasteiger partial charge in [0.15, 0.2) is 10.8 Å². The number of nitrogens with zero attached hydrogens (tertiary/aromatic N) is 6. The zero-order valence-electron chi connectivity index (χ0n) is 18.7. The van der Waals surface area contributed by atoms with Gasteiger partial charge in [-0.15, -0.1) is 11.3 Å². The Bertz CT molecular complexity index is 1420. The topological polar surface area (TPSA) is 75.8 Å². The van der Waals surface area contributed by atoms with E-state index in [0.717, 1.165) is 5.70 Å². The lowest BCUT2D eigenvalue weighted by Crippen LogP contribution is -2.47. The van der Waals surface area contributed by atoms with Gasteiger partial charge in [0.05, 0.1) is 12.2 Å². The minimum absolute atomic E-state index is 0.145. The van der Waals surface area contributed by atoms with E-state index in [-0.39, 0.29) is 17.3 Å². The average molecular weight is 535 g/mol. The van der Waals surface area contributed by atoms with Crippen molar-refractivity contribution in [2.24, 2.45) is 4.99 Å². The van der Waals surface area contributed by atoms with E-state index < -0.39 is 30.0 Å². The largest absolute Gasteiger partial charge is 0.447 e. The molecule has 1 spiro atoms. The smallest absolute Gasteiger partial charge is 0.410 e. The molecule has 36 heavy (non-hydrogen) atoms. The fourth-order valence-electron chi connectivity index (χ4n) is 4.95. The fraction of sp³-hybridized carbons (Fsp3) is 0.304. The number of amides is 1. The number of amidine groups is 1. The predicted octanol–water partition coefficient (Wildman–Crippen LogP) is 4.97. The SMILES string of the molecule is CN1C(=O)OC[C@]12CC1=C(c3ccn(C(F)F)n3)[C@H](c3ccc(F)cc3Cl)N=C(c3nccs3)N1C2. The van der Waals surface area contributed by atoms with Crippen LogP contribution in [-0.2, 0) is 4.74 Å². The molecule has 0 radical (unpaired) electrons. The highest BCUT2D eigenvalue weighted by Gasteiger charge is 2.55. The van der Waals surface area contributed by atoms with Gasteiger partial charge in [0, 0.05) is 53.1 Å². The molecule has 2 fully saturated rings. The molecule has 3 aliphatic heterocycles. The Morgan fingerprint density at radius 2 is 2.14 bits per heavy atom. The molecule has 186 valence electrons. The van der Waals surface area contributed by atoms with E-state index >= 15 is 0 Å². The third kappa shape index (κ3) is 3.50. The lowest BCUT2D eigenvalue weighted by Gasteiger charge is -2.32. The van der Waals surface area contributed by atoms with E-state index in [1.54, 1.807) is 18.1 Å². The molecule has 0 aliphatic carbocycles. The van der Waals surface area contributed by atoms with Crippen molar-refractivity contribution in [3.8, 4) is 0 Å². The molecule has 2 atom stereocenters. The molecule has 0 bridgehead atoms. The Hall–Kier alpha value is -3.38. The number of aromatic nitrogens is 3. The number of likely N-dealkylation sites (N-methyl/N-ethyl adjacent to an activating group) is 1. The van der Waals surface area contributed by atoms with Crippen molar-refractivity contribution in [3.63, 3.8) is 0 Å². The summed E-state index contributed by atoms with van der Waals surface area (Å²) in [6, 6.07) is 4.72. The highest BCUT2D eigenvalue weighted by Crippen LogP contribution is 2.50. The number of cyclic esters (lactones) is 1. The maximum absolute atomic E-state index is 13.9. The number of halogens is 4. The zero-order valence-corrected chi connectivity index (χ0v) is 20.3. The molecule has 2 aromatic heterocycles. The third-order valence-corrected chi connectivity index (χ3v) is 7.88. The van der Waals surface area contributed by atoms with Gasteiger partial charge >= 0.3 is 12.6 Å². The van der Waals surface area contributed by atoms with Gasteiger partial charge in [-0.1, -0.05) is 17.7 Å². The highest BCUT2D eigenvalue weighted by molar-refractivity contribution is 7.11. The number of carbonyl (C=O) groups is 1. The molecular weight excluding hydrogens is 517 g/mol. The van der Waals surface area contributed by atoms with E-state index in [1.807, 2.05) is 10.3 Å². The molecule has 1 amide bonds. The number of fused-ring (bicyclic) bond motifs is 1. The number of alkyl halides is 2. The van der Waals surface area contributed by atoms with Crippen molar-refractivity contribution in [3.05, 3.63) is 74.8 Å². The standard InChI is InChI=1S/C23H18ClF3N6O2S/c1-31-22(34)35-11-23(31)9-16-17(15-4-6-33(30-15)21(26)27)18(13-3-2-12(25)8-14(13)24)29-19(32(16)10-23)20-28-5-7-36-20/h2-8,18,21H,9-11H2,1H3/t18-,23+/m0/s1. The van der Waals surface area contributed by atoms with Crippen LogP contribution in [0.15, 0.2) is 52.7 Å². The molecule has 0 N–H and O–H groups in total. The third-order valence-electron chi connectivity index (χ3n) is 6.78. The Morgan fingerprint density at radius 3 is 2.78 bits per heavy atom. The monoisotopic (exact) mass is 534 g/mol. The summed E-state index contributed by atoms with van der Waals surface area (Å²) in [6.07, 6.45) is 2.78. The Morgan fingerprint density at radius 1 is 1.31 bits per heavy atom. The lowest BCUT2D eigenvalue weighted by molar-refractivity contribution is 0.0564. The second-order valence-corrected chi connectivity index (χ2v) is 10.1. The zero-order chi connectivity index (χ0) is 25.2. The Balaban J connectivity index is 1.59. The first-order valence-corrected chi connectivity index (χ1v) is 12.2. The molecule has 13 heteroatoms. The fourth-order valence-corrected chi connectivity index (χ4v) is 5.86. The summed E-state index contributed by atoms with van der Waals surface area (Å²) < 4.78 is 46.7. The maximum Gasteiger partial charge on any atom is 0.410 e. The van der Waals surface area contributed by atoms with E-state index in [4.69, 9.17) is 21.3 Å². The van der Waals surface area contributed by atoms with Crippen LogP contribution in [0.3, 0.4) is 0 Å². The quantitative estimate of drug-likeness (QED) is 0.472. The summed E-state index contributed by atoms with van der Waals surface area (Å²) in [4.78, 5) is 25.3. The second-order valence-electron chi connectivity index (χ2n) is 8.78. The van der Waals surface area contributed by atoms with Gasteiger partial charge in [0.25, 0.3) is 0 Å². The second kappa shape index (κ2) is 8.34. The number of ether oxygens (including phenoxy) is 1. The van der Waals surface area contributed by atoms with Crippen LogP contribution < -0.4 is 0 Å². The summed E-state index contributed by atoms with van der Waals surface area (Å²) >= 11 is 7.86. The first-order valence-electron chi connectivity index (χ1n) is 10.9. The van der Waals surface area contributed by atoms with E-state index in [1.165, 1.54) is 41.8 Å². The summed E-state index contributed by atoms with van der Waals surface area (Å²) in [5, 5.41) is 6.73. The van der Waals surface area contributed by atoms with E-state index in [9.17, 15) is 18.0 Å². The highest BCUT2D eigenvalue weighted by atomic mass is 35.5. The van der Waals surface area contributed by atoms with Crippen LogP contribution in [0.2, 0.25) is 5.02 Å². The number of hydrogen-bond acceptors (Lipinski definition) is 7. The number of carbonyl (C=O) groups excluding carboxylic acids is 1. The Labute approximate surface area is 212 Å². The van der Waals surface area contributed by atoms with Gasteiger partial charge in [-0.3, -0.25) is 9.89 Å². The van der Waals surface area contributed by atoms with Crippen molar-refractivity contribution in [1.82, 2.24) is 24.6 Å². The molecule has 0 unspecified atom stereocenters. The molecule has 3 aromatic rings. The molecule has 5 heterocycles. The van der Waals surface area contributed by atoms with Crippen LogP contribution >= 0.6 is 22.9 Å². The number of rotatable bonds is 4. The van der Waals surface area contributed by atoms with Crippen LogP contribution in [0.25, 0.3) is 5.57 Å². The number of hydrogen-bond donors (Lipinski definition) is 0. The van der Waals surface area contributed by atoms with Gasteiger partial charge in [0.2, 0.25) is 0 Å². The average Bonchev–Trinajstić information content (AvgIpc) is 3.64.